The highest BCUT2D eigenvalue weighted by Crippen LogP contribution is 2.17. The number of nitrogens with zero attached hydrogens (tertiary/aromatic N) is 1. The molecule has 0 aliphatic heterocycles. The van der Waals surface area contributed by atoms with Gasteiger partial charge in [-0.2, -0.15) is 0 Å². The van der Waals surface area contributed by atoms with Gasteiger partial charge in [0.2, 0.25) is 0 Å². The molecule has 0 aliphatic rings. The lowest BCUT2D eigenvalue weighted by atomic mass is 10.1. The zero-order chi connectivity index (χ0) is 16.7. The number of rotatable bonds is 7. The van der Waals surface area contributed by atoms with Gasteiger partial charge in [-0.05, 0) is 49.6 Å². The van der Waals surface area contributed by atoms with Gasteiger partial charge in [-0.3, -0.25) is 4.98 Å². The Hall–Kier alpha value is -2.50. The van der Waals surface area contributed by atoms with Crippen molar-refractivity contribution in [3.8, 4) is 5.75 Å². The molecule has 122 valence electrons. The van der Waals surface area contributed by atoms with E-state index >= 15 is 0 Å². The summed E-state index contributed by atoms with van der Waals surface area (Å²) in [6, 6.07) is 6.89. The third-order valence-corrected chi connectivity index (χ3v) is 3.14. The maximum Gasteiger partial charge on any atom is 0.347 e. The summed E-state index contributed by atoms with van der Waals surface area (Å²) in [6.45, 7) is 1.75. The molecule has 0 fully saturated rings. The van der Waals surface area contributed by atoms with Gasteiger partial charge in [0.05, 0.1) is 6.61 Å². The minimum absolute atomic E-state index is 0.0742. The van der Waals surface area contributed by atoms with Crippen LogP contribution in [0.25, 0.3) is 0 Å². The molecule has 2 aromatic rings. The third kappa shape index (κ3) is 5.32. The van der Waals surface area contributed by atoms with Gasteiger partial charge in [0.15, 0.2) is 17.7 Å². The van der Waals surface area contributed by atoms with Crippen molar-refractivity contribution in [2.45, 2.75) is 25.9 Å². The molecule has 1 heterocycles. The fourth-order valence-electron chi connectivity index (χ4n) is 1.92. The van der Waals surface area contributed by atoms with E-state index in [4.69, 9.17) is 9.47 Å². The normalized spacial score (nSPS) is 11.8. The van der Waals surface area contributed by atoms with E-state index in [9.17, 15) is 13.6 Å². The topological polar surface area (TPSA) is 48.4 Å². The first kappa shape index (κ1) is 16.9. The number of hydrogen-bond donors (Lipinski definition) is 0. The van der Waals surface area contributed by atoms with Crippen molar-refractivity contribution in [3.05, 3.63) is 59.9 Å². The lowest BCUT2D eigenvalue weighted by Crippen LogP contribution is -2.26. The van der Waals surface area contributed by atoms with Crippen molar-refractivity contribution in [3.63, 3.8) is 0 Å². The minimum atomic E-state index is -1.03. The fraction of sp³-hybridized carbons (Fsp3) is 0.294. The number of ether oxygens (including phenoxy) is 2. The molecule has 0 spiro atoms. The van der Waals surface area contributed by atoms with E-state index in [0.29, 0.717) is 6.42 Å². The highest BCUT2D eigenvalue weighted by atomic mass is 19.2. The molecule has 0 aliphatic carbocycles. The van der Waals surface area contributed by atoms with Crippen LogP contribution in [0.5, 0.6) is 5.75 Å². The minimum Gasteiger partial charge on any atom is -0.479 e. The Kier molecular flexibility index (Phi) is 6.02. The average Bonchev–Trinajstić information content (AvgIpc) is 2.55. The van der Waals surface area contributed by atoms with Gasteiger partial charge in [-0.15, -0.1) is 0 Å². The molecule has 0 radical (unpaired) electrons. The van der Waals surface area contributed by atoms with E-state index in [0.717, 1.165) is 24.1 Å². The predicted molar refractivity (Wildman–Crippen MR) is 80.0 cm³/mol. The molecule has 1 aromatic heterocycles. The molecule has 0 amide bonds. The molecule has 2 rings (SSSR count). The molecule has 6 heteroatoms. The molecule has 23 heavy (non-hydrogen) atoms. The Labute approximate surface area is 133 Å². The van der Waals surface area contributed by atoms with E-state index in [1.54, 1.807) is 12.4 Å². The van der Waals surface area contributed by atoms with Crippen molar-refractivity contribution >= 4 is 5.97 Å². The average molecular weight is 321 g/mol. The quantitative estimate of drug-likeness (QED) is 0.580. The third-order valence-electron chi connectivity index (χ3n) is 3.14. The summed E-state index contributed by atoms with van der Waals surface area (Å²) in [5.74, 6) is -2.47. The Morgan fingerprint density at radius 2 is 1.91 bits per heavy atom. The first-order valence-corrected chi connectivity index (χ1v) is 7.23. The van der Waals surface area contributed by atoms with Crippen LogP contribution in [-0.4, -0.2) is 23.7 Å². The highest BCUT2D eigenvalue weighted by molar-refractivity contribution is 5.74. The van der Waals surface area contributed by atoms with Crippen molar-refractivity contribution in [1.29, 1.82) is 0 Å². The van der Waals surface area contributed by atoms with E-state index in [1.807, 2.05) is 12.1 Å². The predicted octanol–water partition coefficient (Wildman–Crippen LogP) is 3.30. The Morgan fingerprint density at radius 1 is 1.17 bits per heavy atom. The Bertz CT molecular complexity index is 650. The molecule has 0 saturated heterocycles. The van der Waals surface area contributed by atoms with Crippen LogP contribution in [0.15, 0.2) is 42.7 Å². The summed E-state index contributed by atoms with van der Waals surface area (Å²) in [5.41, 5.74) is 1.11. The molecular formula is C17H17F2NO3. The number of aromatic nitrogens is 1. The highest BCUT2D eigenvalue weighted by Gasteiger charge is 2.17. The number of aryl methyl sites for hydroxylation is 1. The van der Waals surface area contributed by atoms with Gasteiger partial charge in [0.25, 0.3) is 0 Å². The maximum absolute atomic E-state index is 13.1. The summed E-state index contributed by atoms with van der Waals surface area (Å²) in [5, 5.41) is 0. The molecular weight excluding hydrogens is 304 g/mol. The van der Waals surface area contributed by atoms with Crippen LogP contribution in [-0.2, 0) is 16.0 Å². The molecule has 1 aromatic carbocycles. The first-order valence-electron chi connectivity index (χ1n) is 7.23. The summed E-state index contributed by atoms with van der Waals surface area (Å²) < 4.78 is 36.2. The summed E-state index contributed by atoms with van der Waals surface area (Å²) >= 11 is 0. The van der Waals surface area contributed by atoms with Crippen molar-refractivity contribution in [2.24, 2.45) is 0 Å². The van der Waals surface area contributed by atoms with Crippen molar-refractivity contribution in [2.75, 3.05) is 6.61 Å². The number of esters is 1. The van der Waals surface area contributed by atoms with Crippen LogP contribution in [0.3, 0.4) is 0 Å². The van der Waals surface area contributed by atoms with E-state index < -0.39 is 23.7 Å². The largest absolute Gasteiger partial charge is 0.479 e. The number of carbonyl (C=O) groups is 1. The standard InChI is InChI=1S/C17H17F2NO3/c1-12(23-14-4-5-15(18)16(19)11-14)17(21)22-10-2-3-13-6-8-20-9-7-13/h4-9,11-12H,2-3,10H2,1H3/t12-/m1/s1. The molecule has 0 bridgehead atoms. The second kappa shape index (κ2) is 8.22. The van der Waals surface area contributed by atoms with E-state index in [-0.39, 0.29) is 12.4 Å². The molecule has 0 N–H and O–H groups in total. The molecule has 1 atom stereocenters. The van der Waals surface area contributed by atoms with E-state index in [2.05, 4.69) is 4.98 Å². The van der Waals surface area contributed by atoms with Gasteiger partial charge in [-0.25, -0.2) is 13.6 Å². The SMILES string of the molecule is C[C@@H](Oc1ccc(F)c(F)c1)C(=O)OCCCc1ccncc1. The molecule has 4 nitrogen and oxygen atoms in total. The zero-order valence-electron chi connectivity index (χ0n) is 12.7. The van der Waals surface area contributed by atoms with Gasteiger partial charge in [0.1, 0.15) is 5.75 Å². The number of hydrogen-bond acceptors (Lipinski definition) is 4. The Balaban J connectivity index is 1.73. The van der Waals surface area contributed by atoms with Gasteiger partial charge < -0.3 is 9.47 Å². The van der Waals surface area contributed by atoms with Crippen LogP contribution in [0.1, 0.15) is 18.9 Å². The summed E-state index contributed by atoms with van der Waals surface area (Å²) in [4.78, 5) is 15.7. The van der Waals surface area contributed by atoms with Crippen molar-refractivity contribution < 1.29 is 23.0 Å². The van der Waals surface area contributed by atoms with Gasteiger partial charge in [-0.1, -0.05) is 0 Å². The maximum atomic E-state index is 13.1. The number of pyridine rings is 1. The Morgan fingerprint density at radius 3 is 2.61 bits per heavy atom. The van der Waals surface area contributed by atoms with Crippen LogP contribution in [0.2, 0.25) is 0 Å². The smallest absolute Gasteiger partial charge is 0.347 e. The number of benzene rings is 1. The number of carbonyl (C=O) groups excluding carboxylic acids is 1. The first-order chi connectivity index (χ1) is 11.1. The summed E-state index contributed by atoms with van der Waals surface area (Å²) in [6.07, 6.45) is 3.96. The second-order valence-electron chi connectivity index (χ2n) is 4.96. The zero-order valence-corrected chi connectivity index (χ0v) is 12.7. The fourth-order valence-corrected chi connectivity index (χ4v) is 1.92. The van der Waals surface area contributed by atoms with E-state index in [1.165, 1.54) is 13.0 Å². The van der Waals surface area contributed by atoms with Crippen molar-refractivity contribution in [1.82, 2.24) is 4.98 Å². The summed E-state index contributed by atoms with van der Waals surface area (Å²) in [7, 11) is 0. The second-order valence-corrected chi connectivity index (χ2v) is 4.96. The monoisotopic (exact) mass is 321 g/mol. The van der Waals surface area contributed by atoms with Crippen LogP contribution in [0, 0.1) is 11.6 Å². The van der Waals surface area contributed by atoms with Gasteiger partial charge in [0, 0.05) is 18.5 Å². The lowest BCUT2D eigenvalue weighted by Gasteiger charge is -2.14. The molecule has 0 saturated carbocycles. The molecule has 0 unspecified atom stereocenters. The van der Waals surface area contributed by atoms with Crippen LogP contribution in [0.4, 0.5) is 8.78 Å². The van der Waals surface area contributed by atoms with Crippen LogP contribution < -0.4 is 4.74 Å². The van der Waals surface area contributed by atoms with Crippen LogP contribution >= 0.6 is 0 Å². The lowest BCUT2D eigenvalue weighted by molar-refractivity contribution is -0.151. The number of halogens is 2. The van der Waals surface area contributed by atoms with Gasteiger partial charge >= 0.3 is 5.97 Å².